The maximum atomic E-state index is 8.77. The highest BCUT2D eigenvalue weighted by molar-refractivity contribution is 7.11. The molecule has 0 fully saturated rings. The van der Waals surface area contributed by atoms with Gasteiger partial charge in [0.25, 0.3) is 0 Å². The fourth-order valence-electron chi connectivity index (χ4n) is 1.71. The van der Waals surface area contributed by atoms with E-state index in [0.29, 0.717) is 12.3 Å². The van der Waals surface area contributed by atoms with Crippen LogP contribution in [0.4, 0.5) is 0 Å². The average molecular weight is 275 g/mol. The summed E-state index contributed by atoms with van der Waals surface area (Å²) in [5, 5.41) is 12.0. The molecule has 0 spiro atoms. The maximum absolute atomic E-state index is 8.77. The molecule has 0 atom stereocenters. The third-order valence-electron chi connectivity index (χ3n) is 2.85. The Balaban J connectivity index is 2.03. The summed E-state index contributed by atoms with van der Waals surface area (Å²) in [7, 11) is 0. The predicted octanol–water partition coefficient (Wildman–Crippen LogP) is 4.09. The number of oxime groups is 1. The van der Waals surface area contributed by atoms with Crippen LogP contribution in [0.3, 0.4) is 0 Å². The molecule has 1 aromatic carbocycles. The molecule has 0 saturated carbocycles. The summed E-state index contributed by atoms with van der Waals surface area (Å²) in [5.41, 5.74) is 1.44. The van der Waals surface area contributed by atoms with Gasteiger partial charge in [-0.3, -0.25) is 0 Å². The molecule has 1 heterocycles. The van der Waals surface area contributed by atoms with Crippen molar-refractivity contribution in [2.75, 3.05) is 0 Å². The number of aryl methyl sites for hydroxylation is 1. The predicted molar refractivity (Wildman–Crippen MR) is 78.5 cm³/mol. The van der Waals surface area contributed by atoms with Crippen molar-refractivity contribution >= 4 is 17.0 Å². The molecule has 0 aliphatic heterocycles. The van der Waals surface area contributed by atoms with Gasteiger partial charge in [0.15, 0.2) is 0 Å². The van der Waals surface area contributed by atoms with Gasteiger partial charge in [-0.05, 0) is 37.6 Å². The summed E-state index contributed by atoms with van der Waals surface area (Å²) in [4.78, 5) is 2.59. The minimum Gasteiger partial charge on any atom is -0.488 e. The van der Waals surface area contributed by atoms with Gasteiger partial charge in [-0.1, -0.05) is 24.2 Å². The summed E-state index contributed by atoms with van der Waals surface area (Å²) < 4.78 is 5.76. The lowest BCUT2D eigenvalue weighted by Gasteiger charge is -2.06. The Morgan fingerprint density at radius 2 is 2.05 bits per heavy atom. The summed E-state index contributed by atoms with van der Waals surface area (Å²) in [6.07, 6.45) is 1.06. The fraction of sp³-hybridized carbons (Fsp3) is 0.267. The number of benzene rings is 1. The zero-order valence-electron chi connectivity index (χ0n) is 11.1. The van der Waals surface area contributed by atoms with Gasteiger partial charge < -0.3 is 9.94 Å². The van der Waals surface area contributed by atoms with E-state index in [0.717, 1.165) is 17.7 Å². The van der Waals surface area contributed by atoms with Crippen molar-refractivity contribution in [1.29, 1.82) is 0 Å². The molecule has 1 aromatic heterocycles. The third kappa shape index (κ3) is 3.58. The van der Waals surface area contributed by atoms with Crippen molar-refractivity contribution < 1.29 is 9.94 Å². The molecule has 2 rings (SSSR count). The van der Waals surface area contributed by atoms with Crippen molar-refractivity contribution in [3.05, 3.63) is 51.7 Å². The first-order valence-electron chi connectivity index (χ1n) is 6.22. The van der Waals surface area contributed by atoms with E-state index in [1.165, 1.54) is 9.75 Å². The molecule has 0 amide bonds. The van der Waals surface area contributed by atoms with E-state index in [9.17, 15) is 0 Å². The average Bonchev–Trinajstić information content (AvgIpc) is 2.92. The molecule has 0 radical (unpaired) electrons. The van der Waals surface area contributed by atoms with Crippen LogP contribution >= 0.6 is 11.3 Å². The van der Waals surface area contributed by atoms with Crippen molar-refractivity contribution in [2.45, 2.75) is 26.9 Å². The minimum atomic E-state index is 0.573. The smallest absolute Gasteiger partial charge is 0.122 e. The van der Waals surface area contributed by atoms with Crippen LogP contribution in [0.25, 0.3) is 0 Å². The van der Waals surface area contributed by atoms with E-state index < -0.39 is 0 Å². The van der Waals surface area contributed by atoms with Crippen LogP contribution in [0.1, 0.15) is 29.2 Å². The normalized spacial score (nSPS) is 11.6. The number of thiophene rings is 1. The SMILES string of the molecule is CCc1ccc(COc2cccc(/C(C)=N/O)c2)s1. The van der Waals surface area contributed by atoms with Crippen molar-refractivity contribution in [3.63, 3.8) is 0 Å². The Morgan fingerprint density at radius 3 is 2.74 bits per heavy atom. The van der Waals surface area contributed by atoms with Gasteiger partial charge in [0, 0.05) is 15.3 Å². The summed E-state index contributed by atoms with van der Waals surface area (Å²) in [5.74, 6) is 0.784. The van der Waals surface area contributed by atoms with E-state index in [4.69, 9.17) is 9.94 Å². The Morgan fingerprint density at radius 1 is 1.26 bits per heavy atom. The number of rotatable bonds is 5. The quantitative estimate of drug-likeness (QED) is 0.507. The molecule has 19 heavy (non-hydrogen) atoms. The van der Waals surface area contributed by atoms with Crippen molar-refractivity contribution in [1.82, 2.24) is 0 Å². The Hall–Kier alpha value is -1.81. The molecule has 4 heteroatoms. The van der Waals surface area contributed by atoms with E-state index >= 15 is 0 Å². The number of ether oxygens (including phenoxy) is 1. The topological polar surface area (TPSA) is 41.8 Å². The summed E-state index contributed by atoms with van der Waals surface area (Å²) >= 11 is 1.78. The molecule has 0 aliphatic rings. The van der Waals surface area contributed by atoms with Crippen LogP contribution in [0, 0.1) is 0 Å². The second-order valence-corrected chi connectivity index (χ2v) is 5.48. The highest BCUT2D eigenvalue weighted by Crippen LogP contribution is 2.20. The standard InChI is InChI=1S/C15H17NO2S/c1-3-14-7-8-15(19-14)10-18-13-6-4-5-12(9-13)11(2)16-17/h4-9,17H,3,10H2,1-2H3/b16-11+. The molecule has 0 saturated heterocycles. The van der Waals surface area contributed by atoms with Crippen LogP contribution < -0.4 is 4.74 Å². The summed E-state index contributed by atoms with van der Waals surface area (Å²) in [6, 6.07) is 11.8. The number of hydrogen-bond acceptors (Lipinski definition) is 4. The highest BCUT2D eigenvalue weighted by atomic mass is 32.1. The van der Waals surface area contributed by atoms with Gasteiger partial charge in [-0.15, -0.1) is 11.3 Å². The summed E-state index contributed by atoms with van der Waals surface area (Å²) in [6.45, 7) is 4.48. The molecule has 100 valence electrons. The lowest BCUT2D eigenvalue weighted by Crippen LogP contribution is -1.97. The molecule has 0 aliphatic carbocycles. The lowest BCUT2D eigenvalue weighted by atomic mass is 10.1. The molecular formula is C15H17NO2S. The van der Waals surface area contributed by atoms with E-state index in [2.05, 4.69) is 24.2 Å². The fourth-order valence-corrected chi connectivity index (χ4v) is 2.58. The lowest BCUT2D eigenvalue weighted by molar-refractivity contribution is 0.309. The molecular weight excluding hydrogens is 258 g/mol. The molecule has 0 unspecified atom stereocenters. The Labute approximate surface area is 117 Å². The Kier molecular flexibility index (Phi) is 4.58. The molecule has 0 bridgehead atoms. The number of nitrogens with zero attached hydrogens (tertiary/aromatic N) is 1. The van der Waals surface area contributed by atoms with Crippen molar-refractivity contribution in [3.8, 4) is 5.75 Å². The second-order valence-electron chi connectivity index (χ2n) is 4.22. The molecule has 3 nitrogen and oxygen atoms in total. The van der Waals surface area contributed by atoms with Crippen LogP contribution in [-0.2, 0) is 13.0 Å². The van der Waals surface area contributed by atoms with Gasteiger partial charge in [0.05, 0.1) is 5.71 Å². The van der Waals surface area contributed by atoms with Crippen LogP contribution in [-0.4, -0.2) is 10.9 Å². The third-order valence-corrected chi connectivity index (χ3v) is 4.05. The van der Waals surface area contributed by atoms with E-state index in [1.54, 1.807) is 18.3 Å². The maximum Gasteiger partial charge on any atom is 0.122 e. The molecule has 1 N–H and O–H groups in total. The first-order valence-corrected chi connectivity index (χ1v) is 7.04. The van der Waals surface area contributed by atoms with Crippen LogP contribution in [0.2, 0.25) is 0 Å². The minimum absolute atomic E-state index is 0.573. The van der Waals surface area contributed by atoms with Gasteiger partial charge in [0.2, 0.25) is 0 Å². The second kappa shape index (κ2) is 6.38. The van der Waals surface area contributed by atoms with E-state index in [-0.39, 0.29) is 0 Å². The van der Waals surface area contributed by atoms with Gasteiger partial charge >= 0.3 is 0 Å². The van der Waals surface area contributed by atoms with E-state index in [1.807, 2.05) is 24.3 Å². The van der Waals surface area contributed by atoms with Crippen LogP contribution in [0.5, 0.6) is 5.75 Å². The zero-order valence-corrected chi connectivity index (χ0v) is 11.9. The largest absolute Gasteiger partial charge is 0.488 e. The molecule has 2 aromatic rings. The first kappa shape index (κ1) is 13.6. The Bertz CT molecular complexity index is 575. The zero-order chi connectivity index (χ0) is 13.7. The number of hydrogen-bond donors (Lipinski definition) is 1. The van der Waals surface area contributed by atoms with Gasteiger partial charge in [-0.25, -0.2) is 0 Å². The van der Waals surface area contributed by atoms with Gasteiger partial charge in [0.1, 0.15) is 12.4 Å². The van der Waals surface area contributed by atoms with Gasteiger partial charge in [-0.2, -0.15) is 0 Å². The van der Waals surface area contributed by atoms with Crippen molar-refractivity contribution in [2.24, 2.45) is 5.16 Å². The monoisotopic (exact) mass is 275 g/mol. The van der Waals surface area contributed by atoms with Crippen LogP contribution in [0.15, 0.2) is 41.6 Å². The first-order chi connectivity index (χ1) is 9.22. The highest BCUT2D eigenvalue weighted by Gasteiger charge is 2.03.